The fourth-order valence-electron chi connectivity index (χ4n) is 2.43. The summed E-state index contributed by atoms with van der Waals surface area (Å²) in [7, 11) is 0. The van der Waals surface area contributed by atoms with Crippen molar-refractivity contribution in [2.75, 3.05) is 13.1 Å². The molecular weight excluding hydrogens is 204 g/mol. The van der Waals surface area contributed by atoms with Crippen LogP contribution in [0, 0.1) is 11.3 Å². The Bertz CT molecular complexity index is 297. The summed E-state index contributed by atoms with van der Waals surface area (Å²) in [6.07, 6.45) is 5.22. The first-order valence-corrected chi connectivity index (χ1v) is 6.20. The van der Waals surface area contributed by atoms with Gasteiger partial charge in [0.15, 0.2) is 0 Å². The molecule has 0 bridgehead atoms. The Morgan fingerprint density at radius 3 is 2.81 bits per heavy atom. The summed E-state index contributed by atoms with van der Waals surface area (Å²) < 4.78 is 0. The van der Waals surface area contributed by atoms with Gasteiger partial charge in [0.1, 0.15) is 0 Å². The number of hydrogen-bond donors (Lipinski definition) is 2. The SMILES string of the molecule is CCCC1(CNC(=O)C2CNC(=O)C2)CC1. The second-order valence-electron chi connectivity index (χ2n) is 5.17. The average molecular weight is 224 g/mol. The van der Waals surface area contributed by atoms with Crippen molar-refractivity contribution >= 4 is 11.8 Å². The number of carbonyl (C=O) groups excluding carboxylic acids is 2. The molecule has 1 aliphatic carbocycles. The van der Waals surface area contributed by atoms with E-state index in [-0.39, 0.29) is 17.7 Å². The minimum Gasteiger partial charge on any atom is -0.355 e. The van der Waals surface area contributed by atoms with E-state index in [0.29, 0.717) is 18.4 Å². The molecule has 0 aromatic heterocycles. The van der Waals surface area contributed by atoms with Crippen LogP contribution in [0.4, 0.5) is 0 Å². The third kappa shape index (κ3) is 2.54. The van der Waals surface area contributed by atoms with Gasteiger partial charge in [-0.25, -0.2) is 0 Å². The number of amides is 2. The van der Waals surface area contributed by atoms with Crippen LogP contribution in [0.1, 0.15) is 39.0 Å². The molecule has 2 fully saturated rings. The van der Waals surface area contributed by atoms with Crippen molar-refractivity contribution in [2.24, 2.45) is 11.3 Å². The Labute approximate surface area is 96.2 Å². The zero-order valence-corrected chi connectivity index (χ0v) is 9.84. The molecule has 16 heavy (non-hydrogen) atoms. The fourth-order valence-corrected chi connectivity index (χ4v) is 2.43. The van der Waals surface area contributed by atoms with Crippen LogP contribution in [0.25, 0.3) is 0 Å². The van der Waals surface area contributed by atoms with Crippen LogP contribution in [-0.4, -0.2) is 24.9 Å². The fraction of sp³-hybridized carbons (Fsp3) is 0.833. The number of rotatable bonds is 5. The van der Waals surface area contributed by atoms with Crippen LogP contribution in [-0.2, 0) is 9.59 Å². The summed E-state index contributed by atoms with van der Waals surface area (Å²) in [4.78, 5) is 22.7. The molecule has 1 aliphatic heterocycles. The highest BCUT2D eigenvalue weighted by molar-refractivity contribution is 5.89. The van der Waals surface area contributed by atoms with Crippen LogP contribution >= 0.6 is 0 Å². The average Bonchev–Trinajstić information content (AvgIpc) is 2.89. The van der Waals surface area contributed by atoms with Crippen molar-refractivity contribution in [2.45, 2.75) is 39.0 Å². The van der Waals surface area contributed by atoms with E-state index in [1.807, 2.05) is 0 Å². The van der Waals surface area contributed by atoms with Crippen LogP contribution < -0.4 is 10.6 Å². The summed E-state index contributed by atoms with van der Waals surface area (Å²) in [5, 5.41) is 5.69. The maximum Gasteiger partial charge on any atom is 0.225 e. The predicted molar refractivity (Wildman–Crippen MR) is 60.7 cm³/mol. The van der Waals surface area contributed by atoms with Crippen molar-refractivity contribution in [3.63, 3.8) is 0 Å². The smallest absolute Gasteiger partial charge is 0.225 e. The topological polar surface area (TPSA) is 58.2 Å². The van der Waals surface area contributed by atoms with Gasteiger partial charge in [-0.1, -0.05) is 13.3 Å². The summed E-state index contributed by atoms with van der Waals surface area (Å²) in [5.41, 5.74) is 0.389. The Hall–Kier alpha value is -1.06. The minimum atomic E-state index is -0.148. The van der Waals surface area contributed by atoms with E-state index in [1.165, 1.54) is 25.7 Å². The molecular formula is C12H20N2O2. The molecule has 4 heteroatoms. The predicted octanol–water partition coefficient (Wildman–Crippen LogP) is 0.819. The van der Waals surface area contributed by atoms with E-state index in [1.54, 1.807) is 0 Å². The van der Waals surface area contributed by atoms with Crippen LogP contribution in [0.5, 0.6) is 0 Å². The van der Waals surface area contributed by atoms with Crippen LogP contribution in [0.2, 0.25) is 0 Å². The zero-order chi connectivity index (χ0) is 11.6. The van der Waals surface area contributed by atoms with Gasteiger partial charge in [0.2, 0.25) is 11.8 Å². The lowest BCUT2D eigenvalue weighted by molar-refractivity contribution is -0.126. The Morgan fingerprint density at radius 2 is 2.31 bits per heavy atom. The lowest BCUT2D eigenvalue weighted by atomic mass is 10.00. The molecule has 1 heterocycles. The second kappa shape index (κ2) is 4.44. The summed E-state index contributed by atoms with van der Waals surface area (Å²) >= 11 is 0. The number of hydrogen-bond acceptors (Lipinski definition) is 2. The van der Waals surface area contributed by atoms with E-state index in [0.717, 1.165) is 6.54 Å². The molecule has 2 rings (SSSR count). The van der Waals surface area contributed by atoms with Gasteiger partial charge in [-0.05, 0) is 24.7 Å². The van der Waals surface area contributed by atoms with Crippen molar-refractivity contribution in [3.8, 4) is 0 Å². The van der Waals surface area contributed by atoms with Gasteiger partial charge in [0.25, 0.3) is 0 Å². The zero-order valence-electron chi connectivity index (χ0n) is 9.84. The molecule has 2 N–H and O–H groups in total. The molecule has 1 saturated carbocycles. The van der Waals surface area contributed by atoms with E-state index >= 15 is 0 Å². The maximum absolute atomic E-state index is 11.8. The molecule has 1 unspecified atom stereocenters. The quantitative estimate of drug-likeness (QED) is 0.726. The lowest BCUT2D eigenvalue weighted by Gasteiger charge is -2.16. The highest BCUT2D eigenvalue weighted by Gasteiger charge is 2.42. The third-order valence-electron chi connectivity index (χ3n) is 3.72. The van der Waals surface area contributed by atoms with Crippen LogP contribution in [0.15, 0.2) is 0 Å². The molecule has 4 nitrogen and oxygen atoms in total. The molecule has 2 amide bonds. The lowest BCUT2D eigenvalue weighted by Crippen LogP contribution is -2.35. The first kappa shape index (κ1) is 11.4. The van der Waals surface area contributed by atoms with E-state index in [2.05, 4.69) is 17.6 Å². The Kier molecular flexibility index (Phi) is 3.17. The molecule has 0 aromatic carbocycles. The van der Waals surface area contributed by atoms with Gasteiger partial charge in [-0.15, -0.1) is 0 Å². The molecule has 1 saturated heterocycles. The highest BCUT2D eigenvalue weighted by atomic mass is 16.2. The van der Waals surface area contributed by atoms with Crippen molar-refractivity contribution in [3.05, 3.63) is 0 Å². The van der Waals surface area contributed by atoms with Gasteiger partial charge in [-0.2, -0.15) is 0 Å². The van der Waals surface area contributed by atoms with Gasteiger partial charge in [0.05, 0.1) is 5.92 Å². The molecule has 0 radical (unpaired) electrons. The minimum absolute atomic E-state index is 0.00477. The van der Waals surface area contributed by atoms with Gasteiger partial charge in [0, 0.05) is 19.5 Å². The second-order valence-corrected chi connectivity index (χ2v) is 5.17. The standard InChI is InChI=1S/C12H20N2O2/c1-2-3-12(4-5-12)8-14-11(16)9-6-10(15)13-7-9/h9H,2-8H2,1H3,(H,13,15)(H,14,16). The molecule has 90 valence electrons. The maximum atomic E-state index is 11.8. The summed E-state index contributed by atoms with van der Waals surface area (Å²) in [5.74, 6) is -0.111. The normalized spacial score (nSPS) is 26.3. The first-order chi connectivity index (χ1) is 7.65. The molecule has 2 aliphatic rings. The van der Waals surface area contributed by atoms with Gasteiger partial charge < -0.3 is 10.6 Å². The van der Waals surface area contributed by atoms with Crippen molar-refractivity contribution < 1.29 is 9.59 Å². The van der Waals surface area contributed by atoms with E-state index < -0.39 is 0 Å². The monoisotopic (exact) mass is 224 g/mol. The van der Waals surface area contributed by atoms with Gasteiger partial charge in [-0.3, -0.25) is 9.59 Å². The number of nitrogens with one attached hydrogen (secondary N) is 2. The van der Waals surface area contributed by atoms with Crippen molar-refractivity contribution in [1.82, 2.24) is 10.6 Å². The Balaban J connectivity index is 1.74. The number of carbonyl (C=O) groups is 2. The van der Waals surface area contributed by atoms with Gasteiger partial charge >= 0.3 is 0 Å². The third-order valence-corrected chi connectivity index (χ3v) is 3.72. The van der Waals surface area contributed by atoms with E-state index in [9.17, 15) is 9.59 Å². The van der Waals surface area contributed by atoms with Crippen LogP contribution in [0.3, 0.4) is 0 Å². The Morgan fingerprint density at radius 1 is 1.56 bits per heavy atom. The first-order valence-electron chi connectivity index (χ1n) is 6.20. The van der Waals surface area contributed by atoms with E-state index in [4.69, 9.17) is 0 Å². The summed E-state index contributed by atoms with van der Waals surface area (Å²) in [6, 6.07) is 0. The highest BCUT2D eigenvalue weighted by Crippen LogP contribution is 2.48. The molecule has 1 atom stereocenters. The summed E-state index contributed by atoms with van der Waals surface area (Å²) in [6.45, 7) is 3.48. The van der Waals surface area contributed by atoms with Crippen molar-refractivity contribution in [1.29, 1.82) is 0 Å². The largest absolute Gasteiger partial charge is 0.355 e. The molecule has 0 spiro atoms. The molecule has 0 aromatic rings.